The first-order valence-corrected chi connectivity index (χ1v) is 8.58. The van der Waals surface area contributed by atoms with Gasteiger partial charge < -0.3 is 15.4 Å². The predicted molar refractivity (Wildman–Crippen MR) is 100 cm³/mol. The second-order valence-corrected chi connectivity index (χ2v) is 6.19. The summed E-state index contributed by atoms with van der Waals surface area (Å²) in [6.07, 6.45) is -4.31. The van der Waals surface area contributed by atoms with Crippen LogP contribution in [0.4, 0.5) is 13.2 Å². The van der Waals surface area contributed by atoms with Crippen LogP contribution in [0.1, 0.15) is 22.3 Å². The molecular weight excluding hydrogens is 355 g/mol. The standard InChI is InChI=1S/C20H24F3N3O/c1-15-6-8-16(9-7-15)11-25-19(24-2)26-12-17-4-3-5-18(10-17)13-27-14-20(21,22)23/h3-10H,11-14H2,1-2H3,(H2,24,25,26). The SMILES string of the molecule is CN=C(NCc1ccc(C)cc1)NCc1cccc(COCC(F)(F)F)c1. The van der Waals surface area contributed by atoms with Crippen LogP contribution >= 0.6 is 0 Å². The molecule has 27 heavy (non-hydrogen) atoms. The van der Waals surface area contributed by atoms with E-state index in [1.54, 1.807) is 19.2 Å². The van der Waals surface area contributed by atoms with Gasteiger partial charge in [0.05, 0.1) is 6.61 Å². The number of aliphatic imine (C=N–C) groups is 1. The van der Waals surface area contributed by atoms with Crippen molar-refractivity contribution in [1.29, 1.82) is 0 Å². The van der Waals surface area contributed by atoms with E-state index < -0.39 is 12.8 Å². The van der Waals surface area contributed by atoms with E-state index in [1.165, 1.54) is 5.56 Å². The van der Waals surface area contributed by atoms with E-state index in [-0.39, 0.29) is 6.61 Å². The summed E-state index contributed by atoms with van der Waals surface area (Å²) in [6, 6.07) is 15.5. The number of guanidine groups is 1. The molecule has 0 aliphatic carbocycles. The first kappa shape index (κ1) is 20.8. The zero-order valence-corrected chi connectivity index (χ0v) is 15.4. The second kappa shape index (κ2) is 9.97. The molecule has 0 radical (unpaired) electrons. The molecule has 0 saturated carbocycles. The molecule has 0 spiro atoms. The van der Waals surface area contributed by atoms with Crippen molar-refractivity contribution in [2.24, 2.45) is 4.99 Å². The van der Waals surface area contributed by atoms with Crippen molar-refractivity contribution in [3.63, 3.8) is 0 Å². The first-order chi connectivity index (χ1) is 12.9. The average Bonchev–Trinajstić information content (AvgIpc) is 2.62. The molecule has 4 nitrogen and oxygen atoms in total. The van der Waals surface area contributed by atoms with E-state index in [2.05, 4.69) is 39.9 Å². The molecule has 146 valence electrons. The summed E-state index contributed by atoms with van der Waals surface area (Å²) in [6.45, 7) is 1.87. The fraction of sp³-hybridized carbons (Fsp3) is 0.350. The van der Waals surface area contributed by atoms with Crippen LogP contribution in [0.5, 0.6) is 0 Å². The zero-order chi connectivity index (χ0) is 19.7. The molecule has 2 aromatic carbocycles. The predicted octanol–water partition coefficient (Wildman–Crippen LogP) is 3.94. The van der Waals surface area contributed by atoms with Crippen molar-refractivity contribution in [2.75, 3.05) is 13.7 Å². The Hall–Kier alpha value is -2.54. The monoisotopic (exact) mass is 379 g/mol. The van der Waals surface area contributed by atoms with Crippen LogP contribution in [0.25, 0.3) is 0 Å². The van der Waals surface area contributed by atoms with Crippen molar-refractivity contribution in [1.82, 2.24) is 10.6 Å². The van der Waals surface area contributed by atoms with Gasteiger partial charge in [-0.3, -0.25) is 4.99 Å². The van der Waals surface area contributed by atoms with Crippen LogP contribution < -0.4 is 10.6 Å². The number of hydrogen-bond acceptors (Lipinski definition) is 2. The van der Waals surface area contributed by atoms with E-state index in [1.807, 2.05) is 19.1 Å². The molecule has 0 atom stereocenters. The van der Waals surface area contributed by atoms with Gasteiger partial charge >= 0.3 is 6.18 Å². The number of hydrogen-bond donors (Lipinski definition) is 2. The fourth-order valence-electron chi connectivity index (χ4n) is 2.41. The third-order valence-electron chi connectivity index (χ3n) is 3.79. The number of aryl methyl sites for hydroxylation is 1. The Labute approximate surface area is 157 Å². The highest BCUT2D eigenvalue weighted by atomic mass is 19.4. The van der Waals surface area contributed by atoms with Crippen LogP contribution in [0, 0.1) is 6.92 Å². The second-order valence-electron chi connectivity index (χ2n) is 6.19. The maximum Gasteiger partial charge on any atom is 0.411 e. The Morgan fingerprint density at radius 3 is 2.22 bits per heavy atom. The molecule has 2 aromatic rings. The van der Waals surface area contributed by atoms with Gasteiger partial charge in [-0.1, -0.05) is 54.1 Å². The topological polar surface area (TPSA) is 45.7 Å². The Bertz CT molecular complexity index is 743. The lowest BCUT2D eigenvalue weighted by molar-refractivity contribution is -0.176. The number of rotatable bonds is 7. The number of benzene rings is 2. The van der Waals surface area contributed by atoms with Gasteiger partial charge in [-0.2, -0.15) is 13.2 Å². The summed E-state index contributed by atoms with van der Waals surface area (Å²) in [7, 11) is 1.69. The van der Waals surface area contributed by atoms with Crippen molar-refractivity contribution >= 4 is 5.96 Å². The highest BCUT2D eigenvalue weighted by Crippen LogP contribution is 2.16. The van der Waals surface area contributed by atoms with E-state index in [0.717, 1.165) is 11.1 Å². The van der Waals surface area contributed by atoms with Gasteiger partial charge in [0.25, 0.3) is 0 Å². The molecule has 0 saturated heterocycles. The van der Waals surface area contributed by atoms with Gasteiger partial charge in [0, 0.05) is 20.1 Å². The molecule has 0 aliphatic rings. The Kier molecular flexibility index (Phi) is 7.67. The normalized spacial score (nSPS) is 12.1. The summed E-state index contributed by atoms with van der Waals surface area (Å²) in [5, 5.41) is 6.42. The van der Waals surface area contributed by atoms with Gasteiger partial charge in [0.1, 0.15) is 6.61 Å². The van der Waals surface area contributed by atoms with Crippen LogP contribution in [0.2, 0.25) is 0 Å². The maximum absolute atomic E-state index is 12.1. The summed E-state index contributed by atoms with van der Waals surface area (Å²) in [5.41, 5.74) is 3.98. The lowest BCUT2D eigenvalue weighted by atomic mass is 10.1. The summed E-state index contributed by atoms with van der Waals surface area (Å²) < 4.78 is 41.1. The van der Waals surface area contributed by atoms with Crippen molar-refractivity contribution in [3.05, 3.63) is 70.8 Å². The number of nitrogens with one attached hydrogen (secondary N) is 2. The molecule has 0 aromatic heterocycles. The highest BCUT2D eigenvalue weighted by molar-refractivity contribution is 5.79. The van der Waals surface area contributed by atoms with Crippen LogP contribution in [-0.2, 0) is 24.4 Å². The fourth-order valence-corrected chi connectivity index (χ4v) is 2.41. The quantitative estimate of drug-likeness (QED) is 0.566. The largest absolute Gasteiger partial charge is 0.411 e. The third-order valence-corrected chi connectivity index (χ3v) is 3.79. The molecule has 0 aliphatic heterocycles. The number of nitrogens with zero attached hydrogens (tertiary/aromatic N) is 1. The lowest BCUT2D eigenvalue weighted by Gasteiger charge is -2.13. The third kappa shape index (κ3) is 8.13. The minimum atomic E-state index is -4.31. The van der Waals surface area contributed by atoms with Gasteiger partial charge in [0.2, 0.25) is 0 Å². The van der Waals surface area contributed by atoms with Crippen molar-refractivity contribution in [2.45, 2.75) is 32.8 Å². The average molecular weight is 379 g/mol. The summed E-state index contributed by atoms with van der Waals surface area (Å²) >= 11 is 0. The summed E-state index contributed by atoms with van der Waals surface area (Å²) in [4.78, 5) is 4.18. The van der Waals surface area contributed by atoms with Gasteiger partial charge in [-0.05, 0) is 23.6 Å². The molecule has 0 bridgehead atoms. The molecule has 0 fully saturated rings. The smallest absolute Gasteiger partial charge is 0.367 e. The number of halogens is 3. The van der Waals surface area contributed by atoms with E-state index in [0.29, 0.717) is 24.6 Å². The molecule has 2 rings (SSSR count). The Morgan fingerprint density at radius 2 is 1.59 bits per heavy atom. The lowest BCUT2D eigenvalue weighted by Crippen LogP contribution is -2.36. The zero-order valence-electron chi connectivity index (χ0n) is 15.4. The van der Waals surface area contributed by atoms with E-state index >= 15 is 0 Å². The Balaban J connectivity index is 1.81. The van der Waals surface area contributed by atoms with Gasteiger partial charge in [0.15, 0.2) is 5.96 Å². The van der Waals surface area contributed by atoms with E-state index in [9.17, 15) is 13.2 Å². The van der Waals surface area contributed by atoms with Crippen molar-refractivity contribution in [3.8, 4) is 0 Å². The minimum Gasteiger partial charge on any atom is -0.367 e. The van der Waals surface area contributed by atoms with Crippen LogP contribution in [0.15, 0.2) is 53.5 Å². The molecule has 2 N–H and O–H groups in total. The molecule has 0 heterocycles. The molecular formula is C20H24F3N3O. The molecule has 0 amide bonds. The van der Waals surface area contributed by atoms with E-state index in [4.69, 9.17) is 4.74 Å². The Morgan fingerprint density at radius 1 is 0.963 bits per heavy atom. The van der Waals surface area contributed by atoms with Gasteiger partial charge in [-0.25, -0.2) is 0 Å². The summed E-state index contributed by atoms with van der Waals surface area (Å²) in [5.74, 6) is 0.647. The molecule has 0 unspecified atom stereocenters. The number of ether oxygens (including phenoxy) is 1. The first-order valence-electron chi connectivity index (χ1n) is 8.58. The van der Waals surface area contributed by atoms with Gasteiger partial charge in [-0.15, -0.1) is 0 Å². The van der Waals surface area contributed by atoms with Crippen LogP contribution in [-0.4, -0.2) is 25.8 Å². The minimum absolute atomic E-state index is 0.0756. The highest BCUT2D eigenvalue weighted by Gasteiger charge is 2.27. The van der Waals surface area contributed by atoms with Crippen molar-refractivity contribution < 1.29 is 17.9 Å². The van der Waals surface area contributed by atoms with Crippen LogP contribution in [0.3, 0.4) is 0 Å². The maximum atomic E-state index is 12.1. The molecule has 7 heteroatoms. The number of alkyl halides is 3.